The van der Waals surface area contributed by atoms with Crippen LogP contribution in [0, 0.1) is 6.92 Å². The highest BCUT2D eigenvalue weighted by Gasteiger charge is 2.11. The van der Waals surface area contributed by atoms with Gasteiger partial charge in [0.25, 0.3) is 5.56 Å². The van der Waals surface area contributed by atoms with Crippen molar-refractivity contribution in [2.75, 3.05) is 0 Å². The number of hydrogen-bond acceptors (Lipinski definition) is 5. The van der Waals surface area contributed by atoms with E-state index in [0.717, 1.165) is 11.1 Å². The van der Waals surface area contributed by atoms with Gasteiger partial charge in [-0.05, 0) is 18.6 Å². The largest absolute Gasteiger partial charge is 0.339 e. The Balaban J connectivity index is 1.91. The summed E-state index contributed by atoms with van der Waals surface area (Å²) in [5.74, 6) is 1.09. The van der Waals surface area contributed by atoms with Gasteiger partial charge in [-0.2, -0.15) is 10.1 Å². The number of nitrogens with zero attached hydrogens (tertiary/aromatic N) is 4. The molecule has 2 aromatic heterocycles. The van der Waals surface area contributed by atoms with Crippen LogP contribution in [-0.4, -0.2) is 19.9 Å². The van der Waals surface area contributed by atoms with Crippen LogP contribution >= 0.6 is 0 Å². The number of hydrogen-bond donors (Lipinski definition) is 0. The summed E-state index contributed by atoms with van der Waals surface area (Å²) in [6.45, 7) is 3.68. The molecule has 3 rings (SSSR count). The molecule has 0 saturated carbocycles. The Kier molecular flexibility index (Phi) is 3.35. The van der Waals surface area contributed by atoms with Gasteiger partial charge >= 0.3 is 0 Å². The van der Waals surface area contributed by atoms with Gasteiger partial charge in [-0.3, -0.25) is 4.79 Å². The van der Waals surface area contributed by atoms with E-state index in [1.165, 1.54) is 10.7 Å². The molecule has 0 spiro atoms. The number of aryl methyl sites for hydroxylation is 1. The van der Waals surface area contributed by atoms with Crippen LogP contribution in [0.2, 0.25) is 0 Å². The summed E-state index contributed by atoms with van der Waals surface area (Å²) in [7, 11) is 0. The minimum absolute atomic E-state index is 0.122. The number of aromatic nitrogens is 4. The van der Waals surface area contributed by atoms with E-state index in [-0.39, 0.29) is 11.6 Å². The standard InChI is InChI=1S/C15H14N4O2/c1-10(19-14(20)4-3-9-16-19)12-5-7-13(8-6-12)15-17-11(2)21-18-15/h3-10H,1-2H3. The zero-order valence-corrected chi connectivity index (χ0v) is 11.7. The van der Waals surface area contributed by atoms with E-state index in [9.17, 15) is 4.79 Å². The zero-order chi connectivity index (χ0) is 14.8. The van der Waals surface area contributed by atoms with Crippen molar-refractivity contribution in [1.29, 1.82) is 0 Å². The zero-order valence-electron chi connectivity index (χ0n) is 11.7. The predicted octanol–water partition coefficient (Wildman–Crippen LogP) is 2.21. The molecule has 1 atom stereocenters. The monoisotopic (exact) mass is 282 g/mol. The summed E-state index contributed by atoms with van der Waals surface area (Å²) in [5, 5.41) is 7.98. The highest BCUT2D eigenvalue weighted by molar-refractivity contribution is 5.54. The van der Waals surface area contributed by atoms with Gasteiger partial charge in [0.05, 0.1) is 6.04 Å². The van der Waals surface area contributed by atoms with Gasteiger partial charge in [-0.1, -0.05) is 29.4 Å². The second kappa shape index (κ2) is 5.32. The second-order valence-corrected chi connectivity index (χ2v) is 4.74. The molecule has 0 N–H and O–H groups in total. The Morgan fingerprint density at radius 1 is 1.19 bits per heavy atom. The third-order valence-corrected chi connectivity index (χ3v) is 3.29. The Morgan fingerprint density at radius 3 is 2.57 bits per heavy atom. The molecule has 1 unspecified atom stereocenters. The summed E-state index contributed by atoms with van der Waals surface area (Å²) in [6.07, 6.45) is 1.61. The molecule has 3 aromatic rings. The summed E-state index contributed by atoms with van der Waals surface area (Å²) in [4.78, 5) is 16.0. The molecule has 0 radical (unpaired) electrons. The van der Waals surface area contributed by atoms with E-state index >= 15 is 0 Å². The van der Waals surface area contributed by atoms with Crippen molar-refractivity contribution in [3.63, 3.8) is 0 Å². The molecule has 0 fully saturated rings. The van der Waals surface area contributed by atoms with E-state index in [1.54, 1.807) is 19.2 Å². The lowest BCUT2D eigenvalue weighted by Gasteiger charge is -2.13. The molecule has 1 aromatic carbocycles. The molecule has 6 heteroatoms. The maximum absolute atomic E-state index is 11.8. The molecule has 0 bridgehead atoms. The molecule has 0 saturated heterocycles. The second-order valence-electron chi connectivity index (χ2n) is 4.74. The molecular formula is C15H14N4O2. The minimum atomic E-state index is -0.139. The molecule has 0 aliphatic rings. The van der Waals surface area contributed by atoms with Crippen molar-refractivity contribution in [2.24, 2.45) is 0 Å². The van der Waals surface area contributed by atoms with Crippen molar-refractivity contribution in [3.05, 3.63) is 64.4 Å². The van der Waals surface area contributed by atoms with Gasteiger partial charge in [0.2, 0.25) is 11.7 Å². The highest BCUT2D eigenvalue weighted by atomic mass is 16.5. The van der Waals surface area contributed by atoms with E-state index in [1.807, 2.05) is 31.2 Å². The van der Waals surface area contributed by atoms with E-state index in [2.05, 4.69) is 15.2 Å². The van der Waals surface area contributed by atoms with Crippen molar-refractivity contribution in [2.45, 2.75) is 19.9 Å². The molecule has 0 aliphatic carbocycles. The third-order valence-electron chi connectivity index (χ3n) is 3.29. The maximum Gasteiger partial charge on any atom is 0.267 e. The van der Waals surface area contributed by atoms with Gasteiger partial charge < -0.3 is 4.52 Å². The first kappa shape index (κ1) is 13.2. The lowest BCUT2D eigenvalue weighted by molar-refractivity contribution is 0.394. The van der Waals surface area contributed by atoms with E-state index in [4.69, 9.17) is 4.52 Å². The van der Waals surface area contributed by atoms with Gasteiger partial charge in [-0.25, -0.2) is 4.68 Å². The summed E-state index contributed by atoms with van der Waals surface area (Å²) in [6, 6.07) is 10.7. The molecule has 2 heterocycles. The van der Waals surface area contributed by atoms with Crippen LogP contribution in [0.4, 0.5) is 0 Å². The Labute approximate surface area is 121 Å². The SMILES string of the molecule is Cc1nc(-c2ccc(C(C)n3ncccc3=O)cc2)no1. The first-order valence-corrected chi connectivity index (χ1v) is 6.59. The minimum Gasteiger partial charge on any atom is -0.339 e. The predicted molar refractivity (Wildman–Crippen MR) is 76.8 cm³/mol. The fourth-order valence-electron chi connectivity index (χ4n) is 2.13. The van der Waals surface area contributed by atoms with Crippen LogP contribution in [-0.2, 0) is 0 Å². The van der Waals surface area contributed by atoms with Crippen molar-refractivity contribution in [1.82, 2.24) is 19.9 Å². The van der Waals surface area contributed by atoms with Crippen LogP contribution in [0.3, 0.4) is 0 Å². The average Bonchev–Trinajstić information content (AvgIpc) is 2.94. The lowest BCUT2D eigenvalue weighted by atomic mass is 10.1. The third kappa shape index (κ3) is 2.60. The van der Waals surface area contributed by atoms with Gasteiger partial charge in [0, 0.05) is 24.8 Å². The summed E-state index contributed by atoms with van der Waals surface area (Å²) in [5.41, 5.74) is 1.74. The normalized spacial score (nSPS) is 12.3. The van der Waals surface area contributed by atoms with Crippen molar-refractivity contribution < 1.29 is 4.52 Å². The fourth-order valence-corrected chi connectivity index (χ4v) is 2.13. The Hall–Kier alpha value is -2.76. The average molecular weight is 282 g/mol. The molecular weight excluding hydrogens is 268 g/mol. The number of benzene rings is 1. The van der Waals surface area contributed by atoms with Crippen molar-refractivity contribution in [3.8, 4) is 11.4 Å². The van der Waals surface area contributed by atoms with Gasteiger partial charge in [0.1, 0.15) is 0 Å². The lowest BCUT2D eigenvalue weighted by Crippen LogP contribution is -2.25. The van der Waals surface area contributed by atoms with Crippen LogP contribution in [0.1, 0.15) is 24.4 Å². The first-order valence-electron chi connectivity index (χ1n) is 6.59. The highest BCUT2D eigenvalue weighted by Crippen LogP contribution is 2.20. The quantitative estimate of drug-likeness (QED) is 0.736. The topological polar surface area (TPSA) is 73.8 Å². The molecule has 0 aliphatic heterocycles. The fraction of sp³-hybridized carbons (Fsp3) is 0.200. The summed E-state index contributed by atoms with van der Waals surface area (Å²) < 4.78 is 6.42. The smallest absolute Gasteiger partial charge is 0.267 e. The van der Waals surface area contributed by atoms with Gasteiger partial charge in [0.15, 0.2) is 0 Å². The van der Waals surface area contributed by atoms with Crippen LogP contribution in [0.15, 0.2) is 51.9 Å². The number of rotatable bonds is 3. The molecule has 106 valence electrons. The van der Waals surface area contributed by atoms with Crippen LogP contribution in [0.25, 0.3) is 11.4 Å². The molecule has 0 amide bonds. The maximum atomic E-state index is 11.8. The molecule has 6 nitrogen and oxygen atoms in total. The van der Waals surface area contributed by atoms with E-state index in [0.29, 0.717) is 11.7 Å². The van der Waals surface area contributed by atoms with E-state index < -0.39 is 0 Å². The van der Waals surface area contributed by atoms with Crippen molar-refractivity contribution >= 4 is 0 Å². The van der Waals surface area contributed by atoms with Crippen LogP contribution in [0.5, 0.6) is 0 Å². The van der Waals surface area contributed by atoms with Gasteiger partial charge in [-0.15, -0.1) is 0 Å². The summed E-state index contributed by atoms with van der Waals surface area (Å²) >= 11 is 0. The molecule has 21 heavy (non-hydrogen) atoms. The van der Waals surface area contributed by atoms with Crippen LogP contribution < -0.4 is 5.56 Å². The Morgan fingerprint density at radius 2 is 1.95 bits per heavy atom. The first-order chi connectivity index (χ1) is 10.1. The Bertz CT molecular complexity index is 805.